The number of methoxy groups -OCH3 is 1. The van der Waals surface area contributed by atoms with Crippen molar-refractivity contribution >= 4 is 5.97 Å². The molecule has 0 radical (unpaired) electrons. The molecule has 4 aromatic rings. The second kappa shape index (κ2) is 7.30. The van der Waals surface area contributed by atoms with Gasteiger partial charge in [0.1, 0.15) is 5.56 Å². The summed E-state index contributed by atoms with van der Waals surface area (Å²) >= 11 is 0. The van der Waals surface area contributed by atoms with Crippen LogP contribution in [0.4, 0.5) is 0 Å². The zero-order valence-corrected chi connectivity index (χ0v) is 16.9. The van der Waals surface area contributed by atoms with E-state index >= 15 is 0 Å². The fraction of sp³-hybridized carbons (Fsp3) is 0.208. The number of benzene rings is 2. The van der Waals surface area contributed by atoms with Gasteiger partial charge in [0, 0.05) is 17.8 Å². The Kier molecular flexibility index (Phi) is 4.47. The number of aryl methyl sites for hydroxylation is 1. The van der Waals surface area contributed by atoms with Crippen LogP contribution in [-0.4, -0.2) is 32.6 Å². The molecule has 0 unspecified atom stereocenters. The van der Waals surface area contributed by atoms with E-state index in [2.05, 4.69) is 40.5 Å². The van der Waals surface area contributed by atoms with Crippen molar-refractivity contribution in [1.29, 1.82) is 0 Å². The van der Waals surface area contributed by atoms with Crippen LogP contribution in [0.25, 0.3) is 22.5 Å². The molecule has 0 N–H and O–H groups in total. The predicted octanol–water partition coefficient (Wildman–Crippen LogP) is 4.70. The van der Waals surface area contributed by atoms with E-state index in [4.69, 9.17) is 4.74 Å². The summed E-state index contributed by atoms with van der Waals surface area (Å²) in [7, 11) is 1.41. The van der Waals surface area contributed by atoms with E-state index < -0.39 is 0 Å². The van der Waals surface area contributed by atoms with Crippen molar-refractivity contribution in [2.45, 2.75) is 25.7 Å². The van der Waals surface area contributed by atoms with Gasteiger partial charge >= 0.3 is 5.97 Å². The molecule has 150 valence electrons. The third-order valence-corrected chi connectivity index (χ3v) is 5.52. The molecule has 1 fully saturated rings. The van der Waals surface area contributed by atoms with Crippen molar-refractivity contribution in [3.05, 3.63) is 83.9 Å². The quantitative estimate of drug-likeness (QED) is 0.457. The molecule has 0 spiro atoms. The number of nitrogens with zero attached hydrogens (tertiary/aromatic N) is 4. The molecule has 0 aliphatic heterocycles. The van der Waals surface area contributed by atoms with E-state index in [1.165, 1.54) is 7.11 Å². The number of ether oxygens (including phenoxy) is 1. The molecule has 0 amide bonds. The molecule has 30 heavy (non-hydrogen) atoms. The number of rotatable bonds is 5. The molecule has 6 nitrogen and oxygen atoms in total. The summed E-state index contributed by atoms with van der Waals surface area (Å²) in [6.45, 7) is 2.04. The van der Waals surface area contributed by atoms with E-state index in [-0.39, 0.29) is 5.97 Å². The monoisotopic (exact) mass is 398 g/mol. The zero-order chi connectivity index (χ0) is 20.7. The number of hydrogen-bond acceptors (Lipinski definition) is 4. The lowest BCUT2D eigenvalue weighted by Crippen LogP contribution is -2.07. The highest BCUT2D eigenvalue weighted by Gasteiger charge is 2.33. The summed E-state index contributed by atoms with van der Waals surface area (Å²) in [5.41, 5.74) is 6.72. The van der Waals surface area contributed by atoms with Crippen LogP contribution in [0.2, 0.25) is 0 Å². The van der Waals surface area contributed by atoms with Crippen molar-refractivity contribution in [1.82, 2.24) is 19.6 Å². The third kappa shape index (κ3) is 3.20. The molecule has 6 heteroatoms. The van der Waals surface area contributed by atoms with Gasteiger partial charge in [0.15, 0.2) is 0 Å². The number of aromatic nitrogens is 4. The average Bonchev–Trinajstić information content (AvgIpc) is 3.38. The van der Waals surface area contributed by atoms with E-state index in [1.807, 2.05) is 40.6 Å². The van der Waals surface area contributed by atoms with Gasteiger partial charge in [0.25, 0.3) is 0 Å². The summed E-state index contributed by atoms with van der Waals surface area (Å²) in [4.78, 5) is 12.2. The first-order valence-electron chi connectivity index (χ1n) is 10.0. The second-order valence-corrected chi connectivity index (χ2v) is 7.61. The van der Waals surface area contributed by atoms with Crippen molar-refractivity contribution in [2.75, 3.05) is 7.11 Å². The number of esters is 1. The Labute approximate surface area is 174 Å². The molecule has 5 rings (SSSR count). The largest absolute Gasteiger partial charge is 0.465 e. The highest BCUT2D eigenvalue weighted by atomic mass is 16.5. The Bertz CT molecular complexity index is 1230. The van der Waals surface area contributed by atoms with Gasteiger partial charge < -0.3 is 4.74 Å². The van der Waals surface area contributed by atoms with Gasteiger partial charge in [0.2, 0.25) is 0 Å². The number of carbonyl (C=O) groups is 1. The Balaban J connectivity index is 1.56. The lowest BCUT2D eigenvalue weighted by atomic mass is 10.0. The molecule has 0 saturated heterocycles. The lowest BCUT2D eigenvalue weighted by molar-refractivity contribution is 0.0599. The van der Waals surface area contributed by atoms with E-state index in [0.717, 1.165) is 46.7 Å². The first-order chi connectivity index (χ1) is 14.7. The average molecular weight is 398 g/mol. The highest BCUT2D eigenvalue weighted by Crippen LogP contribution is 2.42. The molecule has 0 bridgehead atoms. The summed E-state index contributed by atoms with van der Waals surface area (Å²) in [5, 5.41) is 8.93. The first kappa shape index (κ1) is 18.4. The first-order valence-corrected chi connectivity index (χ1v) is 10.0. The SMILES string of the molecule is COC(=O)c1cnn(-c2cccc(-c3cccc(-n4nccc4C)c3)c2)c1C1CC1. The topological polar surface area (TPSA) is 61.9 Å². The minimum Gasteiger partial charge on any atom is -0.465 e. The fourth-order valence-corrected chi connectivity index (χ4v) is 3.85. The molecule has 1 saturated carbocycles. The summed E-state index contributed by atoms with van der Waals surface area (Å²) < 4.78 is 8.76. The van der Waals surface area contributed by atoms with Crippen molar-refractivity contribution in [2.24, 2.45) is 0 Å². The summed E-state index contributed by atoms with van der Waals surface area (Å²) in [5.74, 6) is 0.0259. The van der Waals surface area contributed by atoms with Gasteiger partial charge in [-0.3, -0.25) is 0 Å². The van der Waals surface area contributed by atoms with Gasteiger partial charge in [-0.25, -0.2) is 14.2 Å². The van der Waals surface area contributed by atoms with Crippen LogP contribution in [0.15, 0.2) is 67.0 Å². The van der Waals surface area contributed by atoms with E-state index in [0.29, 0.717) is 11.5 Å². The zero-order valence-electron chi connectivity index (χ0n) is 16.9. The van der Waals surface area contributed by atoms with Gasteiger partial charge in [-0.15, -0.1) is 0 Å². The maximum absolute atomic E-state index is 12.2. The van der Waals surface area contributed by atoms with Gasteiger partial charge in [-0.1, -0.05) is 24.3 Å². The van der Waals surface area contributed by atoms with Crippen molar-refractivity contribution < 1.29 is 9.53 Å². The van der Waals surface area contributed by atoms with Crippen LogP contribution in [0.5, 0.6) is 0 Å². The van der Waals surface area contributed by atoms with E-state index in [9.17, 15) is 4.79 Å². The van der Waals surface area contributed by atoms with Crippen LogP contribution in [0, 0.1) is 6.92 Å². The van der Waals surface area contributed by atoms with Gasteiger partial charge in [-0.05, 0) is 61.2 Å². The molecule has 2 aromatic heterocycles. The van der Waals surface area contributed by atoms with Gasteiger partial charge in [0.05, 0.1) is 30.4 Å². The molecule has 1 aliphatic carbocycles. The predicted molar refractivity (Wildman–Crippen MR) is 114 cm³/mol. The molecule has 0 atom stereocenters. The van der Waals surface area contributed by atoms with Gasteiger partial charge in [-0.2, -0.15) is 10.2 Å². The summed E-state index contributed by atoms with van der Waals surface area (Å²) in [6.07, 6.45) is 5.56. The maximum atomic E-state index is 12.2. The minimum atomic E-state index is -0.332. The fourth-order valence-electron chi connectivity index (χ4n) is 3.85. The van der Waals surface area contributed by atoms with Crippen molar-refractivity contribution in [3.63, 3.8) is 0 Å². The van der Waals surface area contributed by atoms with Crippen LogP contribution in [0.3, 0.4) is 0 Å². The Morgan fingerprint density at radius 2 is 1.63 bits per heavy atom. The van der Waals surface area contributed by atoms with Crippen LogP contribution < -0.4 is 0 Å². The van der Waals surface area contributed by atoms with Crippen molar-refractivity contribution in [3.8, 4) is 22.5 Å². The molecule has 2 heterocycles. The Hall–Kier alpha value is -3.67. The normalized spacial score (nSPS) is 13.4. The van der Waals surface area contributed by atoms with Crippen LogP contribution in [0.1, 0.15) is 40.5 Å². The number of hydrogen-bond donors (Lipinski definition) is 0. The highest BCUT2D eigenvalue weighted by molar-refractivity contribution is 5.91. The standard InChI is InChI=1S/C24H22N4O2/c1-16-11-12-25-27(16)20-7-3-5-18(13-20)19-6-4-8-21(14-19)28-23(17-9-10-17)22(15-26-28)24(29)30-2/h3-8,11-15,17H,9-10H2,1-2H3. The van der Waals surface area contributed by atoms with Crippen LogP contribution in [-0.2, 0) is 4.74 Å². The smallest absolute Gasteiger partial charge is 0.341 e. The summed E-state index contributed by atoms with van der Waals surface area (Å²) in [6, 6.07) is 18.5. The molecular weight excluding hydrogens is 376 g/mol. The Morgan fingerprint density at radius 3 is 2.20 bits per heavy atom. The molecule has 1 aliphatic rings. The van der Waals surface area contributed by atoms with Crippen LogP contribution >= 0.6 is 0 Å². The number of carbonyl (C=O) groups excluding carboxylic acids is 1. The van der Waals surface area contributed by atoms with E-state index in [1.54, 1.807) is 12.4 Å². The minimum absolute atomic E-state index is 0.332. The molecular formula is C24H22N4O2. The second-order valence-electron chi connectivity index (χ2n) is 7.61. The lowest BCUT2D eigenvalue weighted by Gasteiger charge is -2.11. The maximum Gasteiger partial charge on any atom is 0.341 e. The third-order valence-electron chi connectivity index (χ3n) is 5.52. The molecule has 2 aromatic carbocycles. The Morgan fingerprint density at radius 1 is 0.967 bits per heavy atom.